The predicted molar refractivity (Wildman–Crippen MR) is 61.8 cm³/mol. The third-order valence-corrected chi connectivity index (χ3v) is 2.85. The molecule has 1 amide bonds. The molecule has 1 unspecified atom stereocenters. The molecule has 16 heavy (non-hydrogen) atoms. The average molecular weight is 219 g/mol. The second-order valence-electron chi connectivity index (χ2n) is 4.20. The fourth-order valence-electron chi connectivity index (χ4n) is 1.75. The van der Waals surface area contributed by atoms with E-state index in [0.29, 0.717) is 12.8 Å². The van der Waals surface area contributed by atoms with Crippen LogP contribution in [-0.2, 0) is 4.79 Å². The molecule has 3 nitrogen and oxygen atoms in total. The van der Waals surface area contributed by atoms with E-state index in [4.69, 9.17) is 0 Å². The van der Waals surface area contributed by atoms with Crippen molar-refractivity contribution in [2.24, 2.45) is 0 Å². The third kappa shape index (κ3) is 3.07. The minimum atomic E-state index is -0.441. The van der Waals surface area contributed by atoms with Crippen molar-refractivity contribution in [1.82, 2.24) is 4.90 Å². The molecule has 1 atom stereocenters. The lowest BCUT2D eigenvalue weighted by Crippen LogP contribution is -2.10. The quantitative estimate of drug-likeness (QED) is 0.766. The van der Waals surface area contributed by atoms with E-state index in [-0.39, 0.29) is 5.91 Å². The summed E-state index contributed by atoms with van der Waals surface area (Å²) in [6, 6.07) is 9.59. The lowest BCUT2D eigenvalue weighted by Gasteiger charge is -2.10. The topological polar surface area (TPSA) is 40.3 Å². The molecule has 2 rings (SSSR count). The van der Waals surface area contributed by atoms with E-state index in [1.807, 2.05) is 35.2 Å². The fraction of sp³-hybridized carbons (Fsp3) is 0.462. The molecular weight excluding hydrogens is 202 g/mol. The van der Waals surface area contributed by atoms with E-state index in [0.717, 1.165) is 25.1 Å². The molecule has 1 aliphatic heterocycles. The maximum absolute atomic E-state index is 11.4. The van der Waals surface area contributed by atoms with Crippen LogP contribution in [0.2, 0.25) is 0 Å². The molecule has 0 saturated carbocycles. The van der Waals surface area contributed by atoms with Crippen LogP contribution in [0.15, 0.2) is 30.3 Å². The van der Waals surface area contributed by atoms with Gasteiger partial charge in [0, 0.05) is 19.5 Å². The zero-order valence-electron chi connectivity index (χ0n) is 9.30. The van der Waals surface area contributed by atoms with Crippen molar-refractivity contribution in [3.63, 3.8) is 0 Å². The Kier molecular flexibility index (Phi) is 3.57. The minimum absolute atomic E-state index is 0.222. The summed E-state index contributed by atoms with van der Waals surface area (Å²) >= 11 is 0. The Labute approximate surface area is 95.7 Å². The van der Waals surface area contributed by atoms with Crippen molar-refractivity contribution in [3.8, 4) is 0 Å². The Bertz CT molecular complexity index is 346. The van der Waals surface area contributed by atoms with Gasteiger partial charge in [-0.15, -0.1) is 0 Å². The van der Waals surface area contributed by atoms with Crippen LogP contribution in [0.4, 0.5) is 0 Å². The summed E-state index contributed by atoms with van der Waals surface area (Å²) < 4.78 is 0. The largest absolute Gasteiger partial charge is 0.388 e. The monoisotopic (exact) mass is 219 g/mol. The molecule has 0 aliphatic carbocycles. The summed E-state index contributed by atoms with van der Waals surface area (Å²) in [5.74, 6) is 0.222. The molecule has 1 aromatic rings. The van der Waals surface area contributed by atoms with Gasteiger partial charge < -0.3 is 10.0 Å². The predicted octanol–water partition coefficient (Wildman–Crippen LogP) is 1.73. The number of hydrogen-bond donors (Lipinski definition) is 1. The Morgan fingerprint density at radius 3 is 2.62 bits per heavy atom. The van der Waals surface area contributed by atoms with Gasteiger partial charge in [-0.2, -0.15) is 0 Å². The number of aliphatic hydroxyl groups excluding tert-OH is 1. The lowest BCUT2D eigenvalue weighted by molar-refractivity contribution is -0.125. The highest BCUT2D eigenvalue weighted by molar-refractivity contribution is 5.78. The first-order valence-electron chi connectivity index (χ1n) is 5.78. The van der Waals surface area contributed by atoms with Gasteiger partial charge in [-0.3, -0.25) is 4.79 Å². The van der Waals surface area contributed by atoms with Crippen LogP contribution >= 0.6 is 0 Å². The van der Waals surface area contributed by atoms with Gasteiger partial charge in [0.1, 0.15) is 0 Å². The van der Waals surface area contributed by atoms with Crippen LogP contribution in [0, 0.1) is 0 Å². The van der Waals surface area contributed by atoms with Crippen molar-refractivity contribution >= 4 is 5.91 Å². The zero-order valence-corrected chi connectivity index (χ0v) is 9.30. The molecule has 1 N–H and O–H groups in total. The molecule has 0 aromatic heterocycles. The van der Waals surface area contributed by atoms with Crippen LogP contribution in [0.3, 0.4) is 0 Å². The first kappa shape index (κ1) is 11.1. The number of aliphatic hydroxyl groups is 1. The lowest BCUT2D eigenvalue weighted by atomic mass is 10.0. The van der Waals surface area contributed by atoms with Crippen molar-refractivity contribution < 1.29 is 9.90 Å². The molecule has 3 heteroatoms. The van der Waals surface area contributed by atoms with Crippen LogP contribution in [0.5, 0.6) is 0 Å². The first-order chi connectivity index (χ1) is 7.77. The van der Waals surface area contributed by atoms with Gasteiger partial charge in [0.25, 0.3) is 0 Å². The summed E-state index contributed by atoms with van der Waals surface area (Å²) in [7, 11) is 0. The van der Waals surface area contributed by atoms with Gasteiger partial charge in [-0.05, 0) is 18.4 Å². The Balaban J connectivity index is 1.71. The highest BCUT2D eigenvalue weighted by Crippen LogP contribution is 2.19. The molecule has 0 spiro atoms. The SMILES string of the molecule is O=C(CCCC(O)c1ccccc1)N1CC1. The molecule has 1 aliphatic rings. The van der Waals surface area contributed by atoms with Crippen LogP contribution in [0.25, 0.3) is 0 Å². The van der Waals surface area contributed by atoms with E-state index in [9.17, 15) is 9.90 Å². The highest BCUT2D eigenvalue weighted by atomic mass is 16.3. The molecule has 86 valence electrons. The van der Waals surface area contributed by atoms with Crippen molar-refractivity contribution in [3.05, 3.63) is 35.9 Å². The van der Waals surface area contributed by atoms with Crippen molar-refractivity contribution in [2.75, 3.05) is 13.1 Å². The number of amides is 1. The van der Waals surface area contributed by atoms with E-state index in [1.54, 1.807) is 0 Å². The average Bonchev–Trinajstić information content (AvgIpc) is 3.14. The molecule has 1 saturated heterocycles. The first-order valence-corrected chi connectivity index (χ1v) is 5.78. The van der Waals surface area contributed by atoms with Gasteiger partial charge in [0.05, 0.1) is 6.10 Å². The van der Waals surface area contributed by atoms with Crippen molar-refractivity contribution in [2.45, 2.75) is 25.4 Å². The minimum Gasteiger partial charge on any atom is -0.388 e. The highest BCUT2D eigenvalue weighted by Gasteiger charge is 2.23. The van der Waals surface area contributed by atoms with Gasteiger partial charge in [0.15, 0.2) is 0 Å². The number of nitrogens with zero attached hydrogens (tertiary/aromatic N) is 1. The summed E-state index contributed by atoms with van der Waals surface area (Å²) in [4.78, 5) is 13.2. The molecule has 0 radical (unpaired) electrons. The normalized spacial score (nSPS) is 15.9. The Hall–Kier alpha value is -1.35. The van der Waals surface area contributed by atoms with E-state index >= 15 is 0 Å². The third-order valence-electron chi connectivity index (χ3n) is 2.85. The maximum Gasteiger partial charge on any atom is 0.222 e. The molecule has 0 bridgehead atoms. The van der Waals surface area contributed by atoms with E-state index < -0.39 is 6.10 Å². The number of hydrogen-bond acceptors (Lipinski definition) is 2. The number of carbonyl (C=O) groups excluding carboxylic acids is 1. The zero-order chi connectivity index (χ0) is 11.4. The van der Waals surface area contributed by atoms with Gasteiger partial charge in [-0.1, -0.05) is 30.3 Å². The van der Waals surface area contributed by atoms with E-state index in [2.05, 4.69) is 0 Å². The van der Waals surface area contributed by atoms with Gasteiger partial charge in [0.2, 0.25) is 5.91 Å². The Morgan fingerprint density at radius 2 is 2.00 bits per heavy atom. The van der Waals surface area contributed by atoms with Gasteiger partial charge >= 0.3 is 0 Å². The van der Waals surface area contributed by atoms with Crippen molar-refractivity contribution in [1.29, 1.82) is 0 Å². The van der Waals surface area contributed by atoms with Crippen LogP contribution < -0.4 is 0 Å². The summed E-state index contributed by atoms with van der Waals surface area (Å²) in [5.41, 5.74) is 0.932. The standard InChI is InChI=1S/C13H17NO2/c15-12(11-5-2-1-3-6-11)7-4-8-13(16)14-9-10-14/h1-3,5-6,12,15H,4,7-10H2. The number of rotatable bonds is 5. The van der Waals surface area contributed by atoms with E-state index in [1.165, 1.54) is 0 Å². The summed E-state index contributed by atoms with van der Waals surface area (Å²) in [5, 5.41) is 9.86. The summed E-state index contributed by atoms with van der Waals surface area (Å²) in [6.45, 7) is 1.83. The molecular formula is C13H17NO2. The fourth-order valence-corrected chi connectivity index (χ4v) is 1.75. The van der Waals surface area contributed by atoms with Gasteiger partial charge in [-0.25, -0.2) is 0 Å². The summed E-state index contributed by atoms with van der Waals surface area (Å²) in [6.07, 6.45) is 1.53. The second-order valence-corrected chi connectivity index (χ2v) is 4.20. The number of carbonyl (C=O) groups is 1. The second kappa shape index (κ2) is 5.12. The molecule has 1 heterocycles. The Morgan fingerprint density at radius 1 is 1.31 bits per heavy atom. The van der Waals surface area contributed by atoms with Crippen LogP contribution in [-0.4, -0.2) is 29.0 Å². The van der Waals surface area contributed by atoms with Crippen LogP contribution in [0.1, 0.15) is 30.9 Å². The molecule has 1 fully saturated rings. The smallest absolute Gasteiger partial charge is 0.222 e. The maximum atomic E-state index is 11.4. The number of benzene rings is 1. The molecule has 1 aromatic carbocycles.